The van der Waals surface area contributed by atoms with Gasteiger partial charge < -0.3 is 10.1 Å². The maximum Gasteiger partial charge on any atom is 0.259 e. The number of carbonyl (C=O) groups excluding carboxylic acids is 1. The van der Waals surface area contributed by atoms with Gasteiger partial charge >= 0.3 is 0 Å². The Hall–Kier alpha value is -3.71. The summed E-state index contributed by atoms with van der Waals surface area (Å²) in [7, 11) is 0. The first-order valence-corrected chi connectivity index (χ1v) is 9.82. The molecule has 1 N–H and O–H groups in total. The van der Waals surface area contributed by atoms with Crippen LogP contribution >= 0.6 is 11.6 Å². The van der Waals surface area contributed by atoms with Crippen LogP contribution in [-0.4, -0.2) is 20.7 Å². The van der Waals surface area contributed by atoms with Crippen molar-refractivity contribution in [3.8, 4) is 11.4 Å². The smallest absolute Gasteiger partial charge is 0.259 e. The van der Waals surface area contributed by atoms with Crippen molar-refractivity contribution < 1.29 is 13.9 Å². The second-order valence-electron chi connectivity index (χ2n) is 6.78. The third-order valence-corrected chi connectivity index (χ3v) is 4.93. The van der Waals surface area contributed by atoms with Crippen LogP contribution in [0.1, 0.15) is 21.6 Å². The number of amides is 1. The van der Waals surface area contributed by atoms with Crippen molar-refractivity contribution >= 4 is 23.2 Å². The summed E-state index contributed by atoms with van der Waals surface area (Å²) in [5, 5.41) is 7.43. The van der Waals surface area contributed by atoms with Gasteiger partial charge in [0.25, 0.3) is 5.91 Å². The Labute approximate surface area is 183 Å². The number of ether oxygens (including phenoxy) is 1. The second-order valence-corrected chi connectivity index (χ2v) is 7.19. The second kappa shape index (κ2) is 8.97. The fraction of sp³-hybridized carbons (Fsp3) is 0.0870. The van der Waals surface area contributed by atoms with Gasteiger partial charge in [-0.1, -0.05) is 17.7 Å². The maximum atomic E-state index is 13.2. The van der Waals surface area contributed by atoms with Gasteiger partial charge in [0, 0.05) is 23.6 Å². The SMILES string of the molecule is Cc1c(C(=O)Nc2ccc(OCc3cccnc3)c(Cl)c2)cnn1-c1ccc(F)cc1. The standard InChI is InChI=1S/C23H18ClFN4O2/c1-15-20(13-27-29(15)19-7-4-17(25)5-8-19)23(30)28-18-6-9-22(21(24)11-18)31-14-16-3-2-10-26-12-16/h2-13H,14H2,1H3,(H,28,30). The third-order valence-electron chi connectivity index (χ3n) is 4.63. The van der Waals surface area contributed by atoms with E-state index in [9.17, 15) is 9.18 Å². The highest BCUT2D eigenvalue weighted by molar-refractivity contribution is 6.32. The van der Waals surface area contributed by atoms with Crippen molar-refractivity contribution in [2.45, 2.75) is 13.5 Å². The zero-order chi connectivity index (χ0) is 21.8. The molecule has 0 saturated heterocycles. The molecule has 2 heterocycles. The Bertz CT molecular complexity index is 1210. The summed E-state index contributed by atoms with van der Waals surface area (Å²) < 4.78 is 20.5. The summed E-state index contributed by atoms with van der Waals surface area (Å²) in [6.45, 7) is 2.11. The molecular weight excluding hydrogens is 419 g/mol. The lowest BCUT2D eigenvalue weighted by atomic mass is 10.2. The van der Waals surface area contributed by atoms with Crippen molar-refractivity contribution in [2.24, 2.45) is 0 Å². The quantitative estimate of drug-likeness (QED) is 0.451. The van der Waals surface area contributed by atoms with Crippen LogP contribution in [0.15, 0.2) is 73.2 Å². The first-order valence-electron chi connectivity index (χ1n) is 9.44. The Balaban J connectivity index is 1.45. The molecule has 0 saturated carbocycles. The molecule has 4 aromatic rings. The van der Waals surface area contributed by atoms with Crippen LogP contribution in [0.25, 0.3) is 5.69 Å². The van der Waals surface area contributed by atoms with Crippen LogP contribution in [0.3, 0.4) is 0 Å². The average molecular weight is 437 g/mol. The van der Waals surface area contributed by atoms with Crippen LogP contribution in [0.5, 0.6) is 5.75 Å². The van der Waals surface area contributed by atoms with Crippen LogP contribution in [0.4, 0.5) is 10.1 Å². The van der Waals surface area contributed by atoms with Gasteiger partial charge in [0.15, 0.2) is 0 Å². The summed E-state index contributed by atoms with van der Waals surface area (Å²) in [6.07, 6.45) is 4.89. The first-order chi connectivity index (χ1) is 15.0. The molecule has 0 spiro atoms. The van der Waals surface area contributed by atoms with Gasteiger partial charge in [-0.3, -0.25) is 9.78 Å². The van der Waals surface area contributed by atoms with Crippen molar-refractivity contribution in [3.05, 3.63) is 101 Å². The lowest BCUT2D eigenvalue weighted by Crippen LogP contribution is -2.13. The van der Waals surface area contributed by atoms with E-state index in [0.29, 0.717) is 40.0 Å². The summed E-state index contributed by atoms with van der Waals surface area (Å²) in [4.78, 5) is 16.8. The number of aromatic nitrogens is 3. The van der Waals surface area contributed by atoms with Gasteiger partial charge in [-0.2, -0.15) is 5.10 Å². The largest absolute Gasteiger partial charge is 0.487 e. The van der Waals surface area contributed by atoms with Gasteiger partial charge in [-0.05, 0) is 55.5 Å². The molecule has 0 bridgehead atoms. The topological polar surface area (TPSA) is 69.0 Å². The number of hydrogen-bond donors (Lipinski definition) is 1. The molecule has 156 valence electrons. The van der Waals surface area contributed by atoms with Crippen molar-refractivity contribution in [2.75, 3.05) is 5.32 Å². The summed E-state index contributed by atoms with van der Waals surface area (Å²) >= 11 is 6.31. The monoisotopic (exact) mass is 436 g/mol. The van der Waals surface area contributed by atoms with E-state index in [2.05, 4.69) is 15.4 Å². The molecule has 0 aliphatic carbocycles. The molecule has 0 atom stereocenters. The molecule has 6 nitrogen and oxygen atoms in total. The molecule has 2 aromatic heterocycles. The van der Waals surface area contributed by atoms with Gasteiger partial charge in [0.2, 0.25) is 0 Å². The lowest BCUT2D eigenvalue weighted by Gasteiger charge is -2.10. The number of pyridine rings is 1. The third kappa shape index (κ3) is 4.73. The van der Waals surface area contributed by atoms with Crippen molar-refractivity contribution in [1.29, 1.82) is 0 Å². The molecule has 0 unspecified atom stereocenters. The summed E-state index contributed by atoms with van der Waals surface area (Å²) in [5.74, 6) is -0.161. The fourth-order valence-electron chi connectivity index (χ4n) is 3.01. The molecule has 0 aliphatic rings. The number of benzene rings is 2. The Morgan fingerprint density at radius 1 is 1.16 bits per heavy atom. The van der Waals surface area contributed by atoms with E-state index in [1.807, 2.05) is 12.1 Å². The van der Waals surface area contributed by atoms with Gasteiger partial charge in [0.1, 0.15) is 18.2 Å². The van der Waals surface area contributed by atoms with Crippen molar-refractivity contribution in [3.63, 3.8) is 0 Å². The molecule has 2 aromatic carbocycles. The zero-order valence-corrected chi connectivity index (χ0v) is 17.3. The minimum Gasteiger partial charge on any atom is -0.487 e. The minimum atomic E-state index is -0.337. The predicted molar refractivity (Wildman–Crippen MR) is 116 cm³/mol. The normalized spacial score (nSPS) is 10.7. The lowest BCUT2D eigenvalue weighted by molar-refractivity contribution is 0.102. The number of nitrogens with zero attached hydrogens (tertiary/aromatic N) is 3. The fourth-order valence-corrected chi connectivity index (χ4v) is 3.25. The van der Waals surface area contributed by atoms with Crippen LogP contribution in [0, 0.1) is 12.7 Å². The molecule has 31 heavy (non-hydrogen) atoms. The average Bonchev–Trinajstić information content (AvgIpc) is 3.16. The van der Waals surface area contributed by atoms with E-state index < -0.39 is 0 Å². The number of hydrogen-bond acceptors (Lipinski definition) is 4. The van der Waals surface area contributed by atoms with Crippen LogP contribution in [-0.2, 0) is 6.61 Å². The molecular formula is C23H18ClFN4O2. The van der Waals surface area contributed by atoms with Gasteiger partial charge in [-0.25, -0.2) is 9.07 Å². The van der Waals surface area contributed by atoms with E-state index >= 15 is 0 Å². The Morgan fingerprint density at radius 3 is 2.68 bits per heavy atom. The molecule has 0 radical (unpaired) electrons. The highest BCUT2D eigenvalue weighted by Crippen LogP contribution is 2.29. The Kier molecular flexibility index (Phi) is 5.95. The summed E-state index contributed by atoms with van der Waals surface area (Å²) in [5.41, 5.74) is 3.14. The van der Waals surface area contributed by atoms with Gasteiger partial charge in [-0.15, -0.1) is 0 Å². The van der Waals surface area contributed by atoms with Crippen LogP contribution < -0.4 is 10.1 Å². The van der Waals surface area contributed by atoms with Crippen molar-refractivity contribution in [1.82, 2.24) is 14.8 Å². The molecule has 1 amide bonds. The first kappa shape index (κ1) is 20.6. The molecule has 8 heteroatoms. The molecule has 0 aliphatic heterocycles. The number of rotatable bonds is 6. The maximum absolute atomic E-state index is 13.2. The molecule has 0 fully saturated rings. The number of halogens is 2. The molecule has 4 rings (SSSR count). The van der Waals surface area contributed by atoms with E-state index in [1.54, 1.807) is 54.3 Å². The van der Waals surface area contributed by atoms with E-state index in [0.717, 1.165) is 5.56 Å². The zero-order valence-electron chi connectivity index (χ0n) is 16.5. The highest BCUT2D eigenvalue weighted by Gasteiger charge is 2.16. The number of nitrogens with one attached hydrogen (secondary N) is 1. The Morgan fingerprint density at radius 2 is 1.97 bits per heavy atom. The van der Waals surface area contributed by atoms with Gasteiger partial charge in [0.05, 0.1) is 28.2 Å². The number of anilines is 1. The summed E-state index contributed by atoms with van der Waals surface area (Å²) in [6, 6.07) is 14.7. The predicted octanol–water partition coefficient (Wildman–Crippen LogP) is 5.20. The minimum absolute atomic E-state index is 0.328. The van der Waals surface area contributed by atoms with E-state index in [1.165, 1.54) is 18.3 Å². The van der Waals surface area contributed by atoms with E-state index in [4.69, 9.17) is 16.3 Å². The highest BCUT2D eigenvalue weighted by atomic mass is 35.5. The van der Waals surface area contributed by atoms with E-state index in [-0.39, 0.29) is 11.7 Å². The van der Waals surface area contributed by atoms with Crippen LogP contribution in [0.2, 0.25) is 5.02 Å². The number of carbonyl (C=O) groups is 1.